The lowest BCUT2D eigenvalue weighted by Gasteiger charge is -2.40. The van der Waals surface area contributed by atoms with Crippen LogP contribution in [0.5, 0.6) is 0 Å². The second-order valence-electron chi connectivity index (χ2n) is 5.04. The lowest BCUT2D eigenvalue weighted by atomic mass is 9.77. The number of carboxylic acid groups (broad SMARTS) is 1. The summed E-state index contributed by atoms with van der Waals surface area (Å²) in [6, 6.07) is -0.823. The number of carbonyl (C=O) groups is 2. The summed E-state index contributed by atoms with van der Waals surface area (Å²) in [4.78, 5) is 22.7. The fraction of sp³-hybridized carbons (Fsp3) is 0.833. The van der Waals surface area contributed by atoms with E-state index in [0.717, 1.165) is 19.3 Å². The second kappa shape index (κ2) is 5.49. The number of nitrogens with one attached hydrogen (secondary N) is 1. The Balaban J connectivity index is 2.50. The quantitative estimate of drug-likeness (QED) is 0.734. The molecule has 0 unspecified atom stereocenters. The predicted octanol–water partition coefficient (Wildman–Crippen LogP) is 1.17. The van der Waals surface area contributed by atoms with Crippen LogP contribution in [0.1, 0.15) is 39.5 Å². The maximum absolute atomic E-state index is 11.8. The third kappa shape index (κ3) is 3.43. The maximum Gasteiger partial charge on any atom is 0.326 e. The smallest absolute Gasteiger partial charge is 0.326 e. The van der Waals surface area contributed by atoms with Crippen molar-refractivity contribution >= 4 is 11.9 Å². The minimum absolute atomic E-state index is 0.128. The van der Waals surface area contributed by atoms with Crippen molar-refractivity contribution in [3.63, 3.8) is 0 Å². The number of methoxy groups -OCH3 is 1. The van der Waals surface area contributed by atoms with Gasteiger partial charge in [-0.15, -0.1) is 0 Å². The molecule has 1 atom stereocenters. The number of amides is 1. The van der Waals surface area contributed by atoms with Gasteiger partial charge in [0.05, 0.1) is 12.0 Å². The van der Waals surface area contributed by atoms with Gasteiger partial charge in [0.1, 0.15) is 6.04 Å². The third-order valence-electron chi connectivity index (χ3n) is 3.43. The van der Waals surface area contributed by atoms with Crippen LogP contribution in [0.2, 0.25) is 0 Å². The molecule has 2 N–H and O–H groups in total. The number of hydrogen-bond donors (Lipinski definition) is 2. The fourth-order valence-electron chi connectivity index (χ4n) is 2.05. The molecule has 5 heteroatoms. The number of ether oxygens (including phenoxy) is 1. The van der Waals surface area contributed by atoms with Crippen molar-refractivity contribution in [2.24, 2.45) is 5.92 Å². The van der Waals surface area contributed by atoms with Gasteiger partial charge in [-0.2, -0.15) is 0 Å². The van der Waals surface area contributed by atoms with E-state index >= 15 is 0 Å². The Labute approximate surface area is 102 Å². The van der Waals surface area contributed by atoms with Gasteiger partial charge in [-0.25, -0.2) is 4.79 Å². The molecule has 0 heterocycles. The molecule has 0 aromatic heterocycles. The molecule has 17 heavy (non-hydrogen) atoms. The summed E-state index contributed by atoms with van der Waals surface area (Å²) in [5.74, 6) is -1.36. The highest BCUT2D eigenvalue weighted by Gasteiger charge is 2.39. The van der Waals surface area contributed by atoms with E-state index in [2.05, 4.69) is 5.32 Å². The third-order valence-corrected chi connectivity index (χ3v) is 3.43. The molecule has 98 valence electrons. The van der Waals surface area contributed by atoms with Crippen molar-refractivity contribution in [2.45, 2.75) is 51.2 Å². The minimum Gasteiger partial charge on any atom is -0.480 e. The average molecular weight is 243 g/mol. The highest BCUT2D eigenvalue weighted by Crippen LogP contribution is 2.37. The summed E-state index contributed by atoms with van der Waals surface area (Å²) in [7, 11) is 1.60. The molecule has 0 aromatic carbocycles. The lowest BCUT2D eigenvalue weighted by Crippen LogP contribution is -2.49. The zero-order valence-corrected chi connectivity index (χ0v) is 10.7. The molecule has 0 saturated heterocycles. The molecule has 1 saturated carbocycles. The molecular formula is C12H21NO4. The van der Waals surface area contributed by atoms with Gasteiger partial charge >= 0.3 is 5.97 Å². The second-order valence-corrected chi connectivity index (χ2v) is 5.04. The highest BCUT2D eigenvalue weighted by molar-refractivity contribution is 5.84. The van der Waals surface area contributed by atoms with Crippen LogP contribution < -0.4 is 5.32 Å². The normalized spacial score (nSPS) is 19.5. The van der Waals surface area contributed by atoms with Gasteiger partial charge < -0.3 is 15.2 Å². The van der Waals surface area contributed by atoms with Crippen LogP contribution in [0.25, 0.3) is 0 Å². The van der Waals surface area contributed by atoms with Crippen LogP contribution in [-0.4, -0.2) is 35.7 Å². The Morgan fingerprint density at radius 2 is 2.00 bits per heavy atom. The van der Waals surface area contributed by atoms with Crippen molar-refractivity contribution < 1.29 is 19.4 Å². The van der Waals surface area contributed by atoms with E-state index in [1.54, 1.807) is 21.0 Å². The number of carboxylic acids is 1. The maximum atomic E-state index is 11.8. The Hall–Kier alpha value is -1.10. The van der Waals surface area contributed by atoms with Crippen molar-refractivity contribution in [1.82, 2.24) is 5.32 Å². The van der Waals surface area contributed by atoms with Crippen LogP contribution >= 0.6 is 0 Å². The number of hydrogen-bond acceptors (Lipinski definition) is 3. The van der Waals surface area contributed by atoms with E-state index in [1.807, 2.05) is 0 Å². The van der Waals surface area contributed by atoms with Crippen LogP contribution in [0.4, 0.5) is 0 Å². The van der Waals surface area contributed by atoms with E-state index in [9.17, 15) is 9.59 Å². The highest BCUT2D eigenvalue weighted by atomic mass is 16.5. The molecule has 1 aliphatic rings. The van der Waals surface area contributed by atoms with Gasteiger partial charge in [0.25, 0.3) is 0 Å². The number of carbonyl (C=O) groups excluding carboxylic acids is 1. The van der Waals surface area contributed by atoms with Gasteiger partial charge in [-0.3, -0.25) is 4.79 Å². The van der Waals surface area contributed by atoms with Gasteiger partial charge in [0, 0.05) is 7.11 Å². The van der Waals surface area contributed by atoms with E-state index < -0.39 is 12.0 Å². The van der Waals surface area contributed by atoms with E-state index in [1.165, 1.54) is 0 Å². The van der Waals surface area contributed by atoms with Gasteiger partial charge in [-0.05, 0) is 25.2 Å². The number of rotatable bonds is 6. The average Bonchev–Trinajstić information content (AvgIpc) is 2.19. The van der Waals surface area contributed by atoms with Crippen molar-refractivity contribution in [2.75, 3.05) is 7.11 Å². The standard InChI is InChI=1S/C12H21NO4/c1-8(2)10(11(15)16)13-9(14)7-12(17-3)5-4-6-12/h8,10H,4-7H2,1-3H3,(H,13,14)(H,15,16)/t10-/m0/s1. The summed E-state index contributed by atoms with van der Waals surface area (Å²) in [6.45, 7) is 3.54. The van der Waals surface area contributed by atoms with E-state index in [-0.39, 0.29) is 23.8 Å². The van der Waals surface area contributed by atoms with E-state index in [0.29, 0.717) is 0 Å². The Morgan fingerprint density at radius 1 is 1.41 bits per heavy atom. The largest absolute Gasteiger partial charge is 0.480 e. The molecule has 0 aliphatic heterocycles. The molecule has 0 aromatic rings. The van der Waals surface area contributed by atoms with Crippen molar-refractivity contribution in [1.29, 1.82) is 0 Å². The fourth-order valence-corrected chi connectivity index (χ4v) is 2.05. The molecule has 1 rings (SSSR count). The molecule has 1 fully saturated rings. The molecule has 1 amide bonds. The Bertz CT molecular complexity index is 291. The molecule has 0 bridgehead atoms. The van der Waals surface area contributed by atoms with Crippen molar-refractivity contribution in [3.05, 3.63) is 0 Å². The first-order valence-electron chi connectivity index (χ1n) is 5.97. The van der Waals surface area contributed by atoms with Gasteiger partial charge in [0.15, 0.2) is 0 Å². The molecule has 5 nitrogen and oxygen atoms in total. The predicted molar refractivity (Wildman–Crippen MR) is 62.6 cm³/mol. The SMILES string of the molecule is COC1(CC(=O)N[C@H](C(=O)O)C(C)C)CCC1. The Morgan fingerprint density at radius 3 is 2.29 bits per heavy atom. The van der Waals surface area contributed by atoms with Crippen molar-refractivity contribution in [3.8, 4) is 0 Å². The zero-order chi connectivity index (χ0) is 13.1. The summed E-state index contributed by atoms with van der Waals surface area (Å²) in [6.07, 6.45) is 3.06. The Kier molecular flexibility index (Phi) is 4.51. The summed E-state index contributed by atoms with van der Waals surface area (Å²) >= 11 is 0. The zero-order valence-electron chi connectivity index (χ0n) is 10.7. The first-order valence-corrected chi connectivity index (χ1v) is 5.97. The van der Waals surface area contributed by atoms with Crippen LogP contribution in [-0.2, 0) is 14.3 Å². The van der Waals surface area contributed by atoms with Crippen LogP contribution in [0.3, 0.4) is 0 Å². The first kappa shape index (κ1) is 14.0. The summed E-state index contributed by atoms with van der Waals surface area (Å²) in [5.41, 5.74) is -0.357. The first-order chi connectivity index (χ1) is 7.90. The number of aliphatic carboxylic acids is 1. The summed E-state index contributed by atoms with van der Waals surface area (Å²) in [5, 5.41) is 11.5. The van der Waals surface area contributed by atoms with Crippen LogP contribution in [0.15, 0.2) is 0 Å². The van der Waals surface area contributed by atoms with Gasteiger partial charge in [-0.1, -0.05) is 13.8 Å². The monoisotopic (exact) mass is 243 g/mol. The minimum atomic E-state index is -0.992. The topological polar surface area (TPSA) is 75.6 Å². The molecule has 1 aliphatic carbocycles. The molecule has 0 radical (unpaired) electrons. The molecule has 0 spiro atoms. The lowest BCUT2D eigenvalue weighted by molar-refractivity contribution is -0.146. The molecular weight excluding hydrogens is 222 g/mol. The van der Waals surface area contributed by atoms with Crippen LogP contribution in [0, 0.1) is 5.92 Å². The summed E-state index contributed by atoms with van der Waals surface area (Å²) < 4.78 is 5.34. The van der Waals surface area contributed by atoms with Gasteiger partial charge in [0.2, 0.25) is 5.91 Å². The van der Waals surface area contributed by atoms with E-state index in [4.69, 9.17) is 9.84 Å².